The van der Waals surface area contributed by atoms with Gasteiger partial charge in [-0.1, -0.05) is 0 Å². The number of nitrogens with zero attached hydrogens (tertiary/aromatic N) is 1. The van der Waals surface area contributed by atoms with Gasteiger partial charge < -0.3 is 9.73 Å². The van der Waals surface area contributed by atoms with Crippen LogP contribution in [0.5, 0.6) is 0 Å². The Morgan fingerprint density at radius 1 is 1.47 bits per heavy atom. The molecule has 1 N–H and O–H groups in total. The molecule has 0 aromatic carbocycles. The van der Waals surface area contributed by atoms with Gasteiger partial charge in [0, 0.05) is 23.1 Å². The summed E-state index contributed by atoms with van der Waals surface area (Å²) in [5.74, 6) is 0.780. The van der Waals surface area contributed by atoms with E-state index < -0.39 is 0 Å². The Labute approximate surface area is 120 Å². The zero-order chi connectivity index (χ0) is 13.7. The van der Waals surface area contributed by atoms with E-state index in [1.807, 2.05) is 19.1 Å². The smallest absolute Gasteiger partial charge is 0.270 e. The van der Waals surface area contributed by atoms with E-state index in [2.05, 4.69) is 26.2 Å². The molecule has 1 atom stereocenters. The third-order valence-electron chi connectivity index (χ3n) is 2.74. The summed E-state index contributed by atoms with van der Waals surface area (Å²) in [4.78, 5) is 16.0. The Morgan fingerprint density at radius 3 is 2.95 bits per heavy atom. The predicted octanol–water partition coefficient (Wildman–Crippen LogP) is 3.19. The van der Waals surface area contributed by atoms with Crippen molar-refractivity contribution in [2.45, 2.75) is 25.8 Å². The lowest BCUT2D eigenvalue weighted by Crippen LogP contribution is -2.33. The molecule has 2 heterocycles. The number of aryl methyl sites for hydroxylation is 1. The number of furan rings is 1. The van der Waals surface area contributed by atoms with E-state index in [0.717, 1.165) is 23.1 Å². The van der Waals surface area contributed by atoms with Gasteiger partial charge in [-0.15, -0.1) is 0 Å². The van der Waals surface area contributed by atoms with Crippen LogP contribution in [0.3, 0.4) is 0 Å². The minimum Gasteiger partial charge on any atom is -0.469 e. The monoisotopic (exact) mass is 322 g/mol. The molecule has 0 aliphatic carbocycles. The molecule has 19 heavy (non-hydrogen) atoms. The fourth-order valence-electron chi connectivity index (χ4n) is 1.69. The van der Waals surface area contributed by atoms with Gasteiger partial charge in [0.05, 0.1) is 6.26 Å². The summed E-state index contributed by atoms with van der Waals surface area (Å²) in [7, 11) is 0. The van der Waals surface area contributed by atoms with Gasteiger partial charge in [0.15, 0.2) is 0 Å². The number of nitrogens with one attached hydrogen (secondary N) is 1. The van der Waals surface area contributed by atoms with Crippen molar-refractivity contribution in [3.05, 3.63) is 52.7 Å². The molecule has 4 nitrogen and oxygen atoms in total. The van der Waals surface area contributed by atoms with Gasteiger partial charge in [-0.2, -0.15) is 0 Å². The normalized spacial score (nSPS) is 12.1. The Morgan fingerprint density at radius 2 is 2.32 bits per heavy atom. The van der Waals surface area contributed by atoms with Crippen molar-refractivity contribution >= 4 is 21.8 Å². The van der Waals surface area contributed by atoms with Gasteiger partial charge in [-0.05, 0) is 53.5 Å². The highest BCUT2D eigenvalue weighted by atomic mass is 79.9. The van der Waals surface area contributed by atoms with Gasteiger partial charge in [-0.25, -0.2) is 4.98 Å². The van der Waals surface area contributed by atoms with Gasteiger partial charge in [0.2, 0.25) is 0 Å². The first-order valence-electron chi connectivity index (χ1n) is 6.10. The number of rotatable bonds is 5. The zero-order valence-electron chi connectivity index (χ0n) is 10.6. The highest BCUT2D eigenvalue weighted by Crippen LogP contribution is 2.09. The van der Waals surface area contributed by atoms with E-state index in [-0.39, 0.29) is 11.9 Å². The van der Waals surface area contributed by atoms with Crippen molar-refractivity contribution in [3.63, 3.8) is 0 Å². The number of aromatic nitrogens is 1. The average molecular weight is 323 g/mol. The van der Waals surface area contributed by atoms with Crippen molar-refractivity contribution in [3.8, 4) is 0 Å². The lowest BCUT2D eigenvalue weighted by Gasteiger charge is -2.12. The van der Waals surface area contributed by atoms with Crippen molar-refractivity contribution in [1.82, 2.24) is 10.3 Å². The van der Waals surface area contributed by atoms with Crippen LogP contribution >= 0.6 is 15.9 Å². The predicted molar refractivity (Wildman–Crippen MR) is 75.9 cm³/mol. The van der Waals surface area contributed by atoms with Crippen LogP contribution in [-0.4, -0.2) is 16.9 Å². The van der Waals surface area contributed by atoms with Gasteiger partial charge >= 0.3 is 0 Å². The van der Waals surface area contributed by atoms with Gasteiger partial charge in [-0.3, -0.25) is 4.79 Å². The Kier molecular flexibility index (Phi) is 4.74. The number of carbonyl (C=O) groups excluding carboxylic acids is 1. The molecule has 5 heteroatoms. The number of hydrogen-bond acceptors (Lipinski definition) is 3. The first-order valence-corrected chi connectivity index (χ1v) is 6.89. The maximum atomic E-state index is 11.9. The Hall–Kier alpha value is -1.62. The molecule has 0 aliphatic rings. The molecule has 2 aromatic heterocycles. The van der Waals surface area contributed by atoms with E-state index >= 15 is 0 Å². The topological polar surface area (TPSA) is 55.1 Å². The molecule has 100 valence electrons. The minimum absolute atomic E-state index is 0.0723. The van der Waals surface area contributed by atoms with Crippen LogP contribution in [0.1, 0.15) is 29.6 Å². The molecule has 0 saturated carbocycles. The number of halogens is 1. The molecular weight excluding hydrogens is 308 g/mol. The van der Waals surface area contributed by atoms with E-state index in [4.69, 9.17) is 4.42 Å². The molecule has 0 saturated heterocycles. The Bertz CT molecular complexity index is 523. The zero-order valence-corrected chi connectivity index (χ0v) is 12.2. The summed E-state index contributed by atoms with van der Waals surface area (Å²) in [6.07, 6.45) is 4.91. The van der Waals surface area contributed by atoms with Crippen molar-refractivity contribution in [2.75, 3.05) is 0 Å². The first-order chi connectivity index (χ1) is 9.15. The van der Waals surface area contributed by atoms with Crippen LogP contribution < -0.4 is 5.32 Å². The van der Waals surface area contributed by atoms with Gasteiger partial charge in [0.1, 0.15) is 11.5 Å². The second-order valence-electron chi connectivity index (χ2n) is 4.35. The number of pyridine rings is 1. The summed E-state index contributed by atoms with van der Waals surface area (Å²) in [5, 5.41) is 2.92. The van der Waals surface area contributed by atoms with E-state index in [1.165, 1.54) is 0 Å². The molecule has 1 unspecified atom stereocenters. The lowest BCUT2D eigenvalue weighted by molar-refractivity contribution is 0.0933. The SMILES string of the molecule is CC(CCc1ccco1)NC(=O)c1ccc(Br)cn1. The van der Waals surface area contributed by atoms with E-state index in [0.29, 0.717) is 5.69 Å². The maximum Gasteiger partial charge on any atom is 0.270 e. The molecule has 2 rings (SSSR count). The second-order valence-corrected chi connectivity index (χ2v) is 5.27. The summed E-state index contributed by atoms with van der Waals surface area (Å²) >= 11 is 3.29. The van der Waals surface area contributed by atoms with Crippen LogP contribution in [-0.2, 0) is 6.42 Å². The van der Waals surface area contributed by atoms with Crippen molar-refractivity contribution in [2.24, 2.45) is 0 Å². The van der Waals surface area contributed by atoms with Crippen LogP contribution in [0.4, 0.5) is 0 Å². The number of hydrogen-bond donors (Lipinski definition) is 1. The van der Waals surface area contributed by atoms with Crippen molar-refractivity contribution in [1.29, 1.82) is 0 Å². The van der Waals surface area contributed by atoms with Crippen LogP contribution in [0.25, 0.3) is 0 Å². The first kappa shape index (κ1) is 13.8. The highest BCUT2D eigenvalue weighted by Gasteiger charge is 2.11. The second kappa shape index (κ2) is 6.52. The minimum atomic E-state index is -0.153. The van der Waals surface area contributed by atoms with Gasteiger partial charge in [0.25, 0.3) is 5.91 Å². The number of carbonyl (C=O) groups is 1. The molecule has 0 fully saturated rings. The molecule has 2 aromatic rings. The highest BCUT2D eigenvalue weighted by molar-refractivity contribution is 9.10. The van der Waals surface area contributed by atoms with Crippen LogP contribution in [0.2, 0.25) is 0 Å². The number of amides is 1. The fourth-order valence-corrected chi connectivity index (χ4v) is 1.93. The van der Waals surface area contributed by atoms with Crippen LogP contribution in [0, 0.1) is 0 Å². The third-order valence-corrected chi connectivity index (χ3v) is 3.21. The summed E-state index contributed by atoms with van der Waals surface area (Å²) in [5.41, 5.74) is 0.424. The maximum absolute atomic E-state index is 11.9. The molecular formula is C14H15BrN2O2. The fraction of sp³-hybridized carbons (Fsp3) is 0.286. The summed E-state index contributed by atoms with van der Waals surface area (Å²) < 4.78 is 6.11. The van der Waals surface area contributed by atoms with Crippen molar-refractivity contribution < 1.29 is 9.21 Å². The molecule has 0 aliphatic heterocycles. The summed E-state index contributed by atoms with van der Waals surface area (Å²) in [6, 6.07) is 7.37. The van der Waals surface area contributed by atoms with Crippen LogP contribution in [0.15, 0.2) is 45.6 Å². The molecule has 0 radical (unpaired) electrons. The molecule has 0 bridgehead atoms. The lowest BCUT2D eigenvalue weighted by atomic mass is 10.1. The van der Waals surface area contributed by atoms with E-state index in [1.54, 1.807) is 24.6 Å². The standard InChI is InChI=1S/C14H15BrN2O2/c1-10(4-6-12-3-2-8-19-12)17-14(18)13-7-5-11(15)9-16-13/h2-3,5,7-10H,4,6H2,1H3,(H,17,18). The molecule has 0 spiro atoms. The largest absolute Gasteiger partial charge is 0.469 e. The molecule has 1 amide bonds. The average Bonchev–Trinajstić information content (AvgIpc) is 2.90. The quantitative estimate of drug-likeness (QED) is 0.919. The Balaban J connectivity index is 1.83. The summed E-state index contributed by atoms with van der Waals surface area (Å²) in [6.45, 7) is 1.97. The van der Waals surface area contributed by atoms with E-state index in [9.17, 15) is 4.79 Å². The third kappa shape index (κ3) is 4.21.